The van der Waals surface area contributed by atoms with Gasteiger partial charge in [-0.1, -0.05) is 46.5 Å². The number of imidazole rings is 1. The zero-order chi connectivity index (χ0) is 22.9. The SMILES string of the molecule is CCCc1cc(C(C(=O)NC(C)CCCC(C)C)N2CCCCC2)nc(-n2ccnc2)n1. The smallest absolute Gasteiger partial charge is 0.243 e. The molecular formula is C25H40N6O. The molecule has 3 rings (SSSR count). The fourth-order valence-electron chi connectivity index (χ4n) is 4.41. The van der Waals surface area contributed by atoms with Gasteiger partial charge in [0.15, 0.2) is 0 Å². The summed E-state index contributed by atoms with van der Waals surface area (Å²) < 4.78 is 1.82. The van der Waals surface area contributed by atoms with Crippen molar-refractivity contribution in [3.05, 3.63) is 36.2 Å². The highest BCUT2D eigenvalue weighted by molar-refractivity contribution is 5.83. The van der Waals surface area contributed by atoms with Crippen LogP contribution in [-0.4, -0.2) is 49.5 Å². The minimum atomic E-state index is -0.385. The lowest BCUT2D eigenvalue weighted by molar-refractivity contribution is -0.128. The van der Waals surface area contributed by atoms with Crippen LogP contribution in [-0.2, 0) is 11.2 Å². The Morgan fingerprint density at radius 2 is 1.91 bits per heavy atom. The molecule has 1 saturated heterocycles. The molecule has 1 aliphatic heterocycles. The van der Waals surface area contributed by atoms with Crippen molar-refractivity contribution in [2.24, 2.45) is 5.92 Å². The number of hydrogen-bond donors (Lipinski definition) is 1. The lowest BCUT2D eigenvalue weighted by atomic mass is 10.0. The van der Waals surface area contributed by atoms with Gasteiger partial charge < -0.3 is 5.32 Å². The predicted octanol–water partition coefficient (Wildman–Crippen LogP) is 4.47. The molecule has 1 amide bonds. The number of carbonyl (C=O) groups is 1. The second kappa shape index (κ2) is 12.1. The Bertz CT molecular complexity index is 829. The molecule has 1 aliphatic rings. The van der Waals surface area contributed by atoms with E-state index in [0.29, 0.717) is 11.9 Å². The summed E-state index contributed by atoms with van der Waals surface area (Å²) in [5, 5.41) is 3.30. The van der Waals surface area contributed by atoms with Crippen molar-refractivity contribution in [2.45, 2.75) is 91.1 Å². The number of nitrogens with zero attached hydrogens (tertiary/aromatic N) is 5. The quantitative estimate of drug-likeness (QED) is 0.558. The molecule has 1 N–H and O–H groups in total. The number of hydrogen-bond acceptors (Lipinski definition) is 5. The Kier molecular flexibility index (Phi) is 9.21. The standard InChI is InChI=1S/C25H40N6O/c1-5-10-21-17-22(29-25(28-21)31-16-13-26-18-31)23(30-14-7-6-8-15-30)24(32)27-20(4)12-9-11-19(2)3/h13,16-20,23H,5-12,14-15H2,1-4H3,(H,27,32). The number of rotatable bonds is 11. The Morgan fingerprint density at radius 1 is 1.12 bits per heavy atom. The first-order valence-corrected chi connectivity index (χ1v) is 12.4. The zero-order valence-electron chi connectivity index (χ0n) is 20.3. The van der Waals surface area contributed by atoms with Crippen molar-refractivity contribution in [1.29, 1.82) is 0 Å². The first kappa shape index (κ1) is 24.4. The molecular weight excluding hydrogens is 400 g/mol. The van der Waals surface area contributed by atoms with Crippen molar-refractivity contribution in [2.75, 3.05) is 13.1 Å². The van der Waals surface area contributed by atoms with Crippen LogP contribution in [0.5, 0.6) is 0 Å². The molecule has 7 heteroatoms. The highest BCUT2D eigenvalue weighted by Crippen LogP contribution is 2.26. The van der Waals surface area contributed by atoms with E-state index in [1.54, 1.807) is 12.5 Å². The van der Waals surface area contributed by atoms with Gasteiger partial charge >= 0.3 is 0 Å². The van der Waals surface area contributed by atoms with Gasteiger partial charge in [-0.05, 0) is 57.7 Å². The summed E-state index contributed by atoms with van der Waals surface area (Å²) in [6.07, 6.45) is 13.9. The average molecular weight is 441 g/mol. The van der Waals surface area contributed by atoms with Gasteiger partial charge in [-0.25, -0.2) is 15.0 Å². The van der Waals surface area contributed by atoms with Gasteiger partial charge in [-0.3, -0.25) is 14.3 Å². The van der Waals surface area contributed by atoms with E-state index in [1.165, 1.54) is 12.8 Å². The molecule has 0 bridgehead atoms. The van der Waals surface area contributed by atoms with E-state index < -0.39 is 0 Å². The fraction of sp³-hybridized carbons (Fsp3) is 0.680. The molecule has 2 aromatic heterocycles. The summed E-state index contributed by atoms with van der Waals surface area (Å²) in [6.45, 7) is 10.6. The van der Waals surface area contributed by atoms with E-state index >= 15 is 0 Å². The topological polar surface area (TPSA) is 75.9 Å². The third-order valence-corrected chi connectivity index (χ3v) is 6.12. The number of carbonyl (C=O) groups excluding carboxylic acids is 1. The molecule has 2 aromatic rings. The lowest BCUT2D eigenvalue weighted by Gasteiger charge is -2.34. The van der Waals surface area contributed by atoms with Gasteiger partial charge in [-0.15, -0.1) is 0 Å². The highest BCUT2D eigenvalue weighted by atomic mass is 16.2. The molecule has 2 atom stereocenters. The minimum Gasteiger partial charge on any atom is -0.352 e. The summed E-state index contributed by atoms with van der Waals surface area (Å²) in [7, 11) is 0. The van der Waals surface area contributed by atoms with Gasteiger partial charge in [-0.2, -0.15) is 0 Å². The second-order valence-electron chi connectivity index (χ2n) is 9.54. The predicted molar refractivity (Wildman–Crippen MR) is 128 cm³/mol. The molecule has 0 saturated carbocycles. The van der Waals surface area contributed by atoms with Crippen LogP contribution in [0.3, 0.4) is 0 Å². The van der Waals surface area contributed by atoms with E-state index in [4.69, 9.17) is 9.97 Å². The fourth-order valence-corrected chi connectivity index (χ4v) is 4.41. The van der Waals surface area contributed by atoms with Gasteiger partial charge in [0.1, 0.15) is 12.4 Å². The summed E-state index contributed by atoms with van der Waals surface area (Å²) >= 11 is 0. The molecule has 176 valence electrons. The molecule has 0 aliphatic carbocycles. The summed E-state index contributed by atoms with van der Waals surface area (Å²) in [4.78, 5) is 29.6. The first-order chi connectivity index (χ1) is 15.5. The van der Waals surface area contributed by atoms with Crippen molar-refractivity contribution < 1.29 is 4.79 Å². The van der Waals surface area contributed by atoms with Crippen molar-refractivity contribution in [3.63, 3.8) is 0 Å². The summed E-state index contributed by atoms with van der Waals surface area (Å²) in [5.41, 5.74) is 1.77. The van der Waals surface area contributed by atoms with Crippen LogP contribution in [0.25, 0.3) is 5.95 Å². The number of likely N-dealkylation sites (tertiary alicyclic amines) is 1. The maximum Gasteiger partial charge on any atom is 0.243 e. The van der Waals surface area contributed by atoms with E-state index in [9.17, 15) is 4.79 Å². The summed E-state index contributed by atoms with van der Waals surface area (Å²) in [6, 6.07) is 1.80. The van der Waals surface area contributed by atoms with Crippen molar-refractivity contribution >= 4 is 5.91 Å². The molecule has 32 heavy (non-hydrogen) atoms. The zero-order valence-corrected chi connectivity index (χ0v) is 20.3. The van der Waals surface area contributed by atoms with E-state index in [-0.39, 0.29) is 18.0 Å². The third kappa shape index (κ3) is 6.86. The van der Waals surface area contributed by atoms with Gasteiger partial charge in [0, 0.05) is 24.1 Å². The number of nitrogens with one attached hydrogen (secondary N) is 1. The van der Waals surface area contributed by atoms with Crippen LogP contribution in [0.2, 0.25) is 0 Å². The Hall–Kier alpha value is -2.28. The van der Waals surface area contributed by atoms with Gasteiger partial charge in [0.2, 0.25) is 11.9 Å². The van der Waals surface area contributed by atoms with Crippen molar-refractivity contribution in [3.8, 4) is 5.95 Å². The van der Waals surface area contributed by atoms with E-state index in [2.05, 4.69) is 42.9 Å². The van der Waals surface area contributed by atoms with Crippen LogP contribution in [0.15, 0.2) is 24.8 Å². The maximum atomic E-state index is 13.6. The van der Waals surface area contributed by atoms with Crippen molar-refractivity contribution in [1.82, 2.24) is 29.7 Å². The molecule has 7 nitrogen and oxygen atoms in total. The minimum absolute atomic E-state index is 0.0571. The highest BCUT2D eigenvalue weighted by Gasteiger charge is 2.31. The van der Waals surface area contributed by atoms with Crippen LogP contribution in [0, 0.1) is 5.92 Å². The van der Waals surface area contributed by atoms with Gasteiger partial charge in [0.25, 0.3) is 0 Å². The van der Waals surface area contributed by atoms with Crippen LogP contribution in [0.1, 0.15) is 90.1 Å². The van der Waals surface area contributed by atoms with Crippen LogP contribution >= 0.6 is 0 Å². The number of aryl methyl sites for hydroxylation is 1. The normalized spacial score (nSPS) is 16.8. The third-order valence-electron chi connectivity index (χ3n) is 6.12. The first-order valence-electron chi connectivity index (χ1n) is 12.4. The average Bonchev–Trinajstić information content (AvgIpc) is 3.29. The molecule has 0 spiro atoms. The number of piperidine rings is 1. The Labute approximate surface area is 193 Å². The maximum absolute atomic E-state index is 13.6. The van der Waals surface area contributed by atoms with E-state index in [1.807, 2.05) is 16.8 Å². The molecule has 0 aromatic carbocycles. The van der Waals surface area contributed by atoms with E-state index in [0.717, 1.165) is 63.0 Å². The Morgan fingerprint density at radius 3 is 2.56 bits per heavy atom. The molecule has 1 fully saturated rings. The monoisotopic (exact) mass is 440 g/mol. The molecule has 3 heterocycles. The number of amides is 1. The molecule has 2 unspecified atom stereocenters. The van der Waals surface area contributed by atoms with Gasteiger partial charge in [0.05, 0.1) is 5.69 Å². The number of aromatic nitrogens is 4. The second-order valence-corrected chi connectivity index (χ2v) is 9.54. The molecule has 0 radical (unpaired) electrons. The Balaban J connectivity index is 1.87. The van der Waals surface area contributed by atoms with Crippen LogP contribution in [0.4, 0.5) is 0 Å². The van der Waals surface area contributed by atoms with Crippen LogP contribution < -0.4 is 5.32 Å². The largest absolute Gasteiger partial charge is 0.352 e. The summed E-state index contributed by atoms with van der Waals surface area (Å²) in [5.74, 6) is 1.34. The lowest BCUT2D eigenvalue weighted by Crippen LogP contribution is -2.45.